The van der Waals surface area contributed by atoms with E-state index in [1.807, 2.05) is 17.5 Å². The quantitative estimate of drug-likeness (QED) is 0.473. The highest BCUT2D eigenvalue weighted by atomic mass is 32.2. The number of aromatic nitrogens is 2. The van der Waals surface area contributed by atoms with Gasteiger partial charge in [0.25, 0.3) is 0 Å². The van der Waals surface area contributed by atoms with Gasteiger partial charge in [0, 0.05) is 21.8 Å². The number of halogens is 1. The summed E-state index contributed by atoms with van der Waals surface area (Å²) in [6, 6.07) is 9.64. The molecule has 8 heteroatoms. The molecule has 5 nitrogen and oxygen atoms in total. The molecular formula is C21H20FN3O2S2. The molecule has 0 radical (unpaired) electrons. The van der Waals surface area contributed by atoms with Crippen LogP contribution in [-0.4, -0.2) is 21.2 Å². The van der Waals surface area contributed by atoms with E-state index in [0.29, 0.717) is 17.3 Å². The molecular weight excluding hydrogens is 409 g/mol. The molecule has 0 saturated carbocycles. The predicted octanol–water partition coefficient (Wildman–Crippen LogP) is 4.10. The number of fused-ring (bicyclic) bond motifs is 1. The SMILES string of the molecule is O=C(CSc1nc(=O)n(Cc2cccs2)c2c1CCCC2)Nc1ccc(F)cc1. The van der Waals surface area contributed by atoms with E-state index in [1.165, 1.54) is 36.0 Å². The second-order valence-corrected chi connectivity index (χ2v) is 8.84. The number of nitrogens with one attached hydrogen (secondary N) is 1. The number of anilines is 1. The molecule has 0 fully saturated rings. The third-order valence-electron chi connectivity index (χ3n) is 4.81. The second kappa shape index (κ2) is 8.92. The Hall–Kier alpha value is -2.45. The van der Waals surface area contributed by atoms with Crippen LogP contribution in [0.2, 0.25) is 0 Å². The van der Waals surface area contributed by atoms with Gasteiger partial charge in [-0.15, -0.1) is 11.3 Å². The van der Waals surface area contributed by atoms with Gasteiger partial charge in [0.15, 0.2) is 0 Å². The molecule has 2 aromatic heterocycles. The lowest BCUT2D eigenvalue weighted by atomic mass is 9.97. The first-order valence-corrected chi connectivity index (χ1v) is 11.3. The van der Waals surface area contributed by atoms with E-state index in [1.54, 1.807) is 15.9 Å². The summed E-state index contributed by atoms with van der Waals surface area (Å²) >= 11 is 2.92. The summed E-state index contributed by atoms with van der Waals surface area (Å²) in [7, 11) is 0. The maximum Gasteiger partial charge on any atom is 0.349 e. The Morgan fingerprint density at radius 2 is 2.00 bits per heavy atom. The number of benzene rings is 1. The van der Waals surface area contributed by atoms with Crippen LogP contribution in [0.15, 0.2) is 51.6 Å². The van der Waals surface area contributed by atoms with Gasteiger partial charge in [0.1, 0.15) is 10.8 Å². The van der Waals surface area contributed by atoms with Crippen molar-refractivity contribution in [2.75, 3.05) is 11.1 Å². The maximum absolute atomic E-state index is 13.0. The van der Waals surface area contributed by atoms with Crippen molar-refractivity contribution in [3.05, 3.63) is 74.2 Å². The van der Waals surface area contributed by atoms with Gasteiger partial charge in [0.2, 0.25) is 5.91 Å². The summed E-state index contributed by atoms with van der Waals surface area (Å²) in [5, 5.41) is 5.40. The molecule has 0 saturated heterocycles. The standard InChI is InChI=1S/C21H20FN3O2S2/c22-14-7-9-15(10-8-14)23-19(26)13-29-20-17-5-1-2-6-18(17)25(21(27)24-20)12-16-4-3-11-28-16/h3-4,7-11H,1-2,5-6,12-13H2,(H,23,26). The van der Waals surface area contributed by atoms with Gasteiger partial charge >= 0.3 is 5.69 Å². The molecule has 150 valence electrons. The zero-order valence-corrected chi connectivity index (χ0v) is 17.3. The van der Waals surface area contributed by atoms with Gasteiger partial charge in [-0.3, -0.25) is 9.36 Å². The summed E-state index contributed by atoms with van der Waals surface area (Å²) < 4.78 is 14.8. The van der Waals surface area contributed by atoms with Gasteiger partial charge in [-0.25, -0.2) is 9.18 Å². The van der Waals surface area contributed by atoms with Crippen molar-refractivity contribution < 1.29 is 9.18 Å². The van der Waals surface area contributed by atoms with E-state index in [9.17, 15) is 14.0 Å². The third-order valence-corrected chi connectivity index (χ3v) is 6.69. The first-order valence-electron chi connectivity index (χ1n) is 9.43. The van der Waals surface area contributed by atoms with E-state index >= 15 is 0 Å². The molecule has 1 N–H and O–H groups in total. The highest BCUT2D eigenvalue weighted by Gasteiger charge is 2.21. The molecule has 0 aliphatic heterocycles. The van der Waals surface area contributed by atoms with E-state index in [2.05, 4.69) is 10.3 Å². The molecule has 29 heavy (non-hydrogen) atoms. The van der Waals surface area contributed by atoms with Gasteiger partial charge < -0.3 is 5.32 Å². The van der Waals surface area contributed by atoms with Crippen LogP contribution in [0.25, 0.3) is 0 Å². The first-order chi connectivity index (χ1) is 14.1. The zero-order valence-electron chi connectivity index (χ0n) is 15.7. The Morgan fingerprint density at radius 3 is 2.76 bits per heavy atom. The van der Waals surface area contributed by atoms with E-state index in [4.69, 9.17) is 0 Å². The largest absolute Gasteiger partial charge is 0.349 e. The number of thiophene rings is 1. The molecule has 1 aliphatic rings. The van der Waals surface area contributed by atoms with Crippen LogP contribution in [0.1, 0.15) is 29.0 Å². The average molecular weight is 430 g/mol. The van der Waals surface area contributed by atoms with Crippen molar-refractivity contribution in [3.8, 4) is 0 Å². The summed E-state index contributed by atoms with van der Waals surface area (Å²) in [4.78, 5) is 30.4. The molecule has 0 atom stereocenters. The number of carbonyl (C=O) groups excluding carboxylic acids is 1. The van der Waals surface area contributed by atoms with Crippen LogP contribution >= 0.6 is 23.1 Å². The molecule has 4 rings (SSSR count). The van der Waals surface area contributed by atoms with Gasteiger partial charge in [-0.2, -0.15) is 4.98 Å². The van der Waals surface area contributed by atoms with E-state index in [-0.39, 0.29) is 23.2 Å². The van der Waals surface area contributed by atoms with Crippen molar-refractivity contribution in [2.24, 2.45) is 0 Å². The molecule has 0 bridgehead atoms. The Kier molecular flexibility index (Phi) is 6.10. The van der Waals surface area contributed by atoms with Gasteiger partial charge in [0.05, 0.1) is 12.3 Å². The normalized spacial score (nSPS) is 13.1. The fraction of sp³-hybridized carbons (Fsp3) is 0.286. The summed E-state index contributed by atoms with van der Waals surface area (Å²) in [6.07, 6.45) is 3.83. The minimum atomic E-state index is -0.351. The number of hydrogen-bond donors (Lipinski definition) is 1. The molecule has 1 amide bonds. The number of rotatable bonds is 6. The lowest BCUT2D eigenvalue weighted by Gasteiger charge is -2.22. The Bertz CT molecular complexity index is 1060. The number of nitrogens with zero attached hydrogens (tertiary/aromatic N) is 2. The monoisotopic (exact) mass is 429 g/mol. The second-order valence-electron chi connectivity index (χ2n) is 6.84. The molecule has 1 aromatic carbocycles. The van der Waals surface area contributed by atoms with Crippen molar-refractivity contribution in [1.29, 1.82) is 0 Å². The lowest BCUT2D eigenvalue weighted by molar-refractivity contribution is -0.113. The molecule has 3 aromatic rings. The van der Waals surface area contributed by atoms with Gasteiger partial charge in [-0.05, 0) is 61.4 Å². The number of amides is 1. The minimum absolute atomic E-state index is 0.144. The predicted molar refractivity (Wildman–Crippen MR) is 114 cm³/mol. The van der Waals surface area contributed by atoms with Crippen LogP contribution < -0.4 is 11.0 Å². The summed E-state index contributed by atoms with van der Waals surface area (Å²) in [5.74, 6) is -0.419. The first kappa shape index (κ1) is 19.8. The van der Waals surface area contributed by atoms with Crippen molar-refractivity contribution in [2.45, 2.75) is 37.3 Å². The Balaban J connectivity index is 1.51. The van der Waals surface area contributed by atoms with Crippen LogP contribution in [0.4, 0.5) is 10.1 Å². The van der Waals surface area contributed by atoms with Crippen LogP contribution in [0.3, 0.4) is 0 Å². The number of carbonyl (C=O) groups is 1. The Morgan fingerprint density at radius 1 is 1.21 bits per heavy atom. The number of hydrogen-bond acceptors (Lipinski definition) is 5. The van der Waals surface area contributed by atoms with Crippen molar-refractivity contribution in [1.82, 2.24) is 9.55 Å². The number of thioether (sulfide) groups is 1. The maximum atomic E-state index is 13.0. The zero-order chi connectivity index (χ0) is 20.2. The van der Waals surface area contributed by atoms with E-state index in [0.717, 1.165) is 41.8 Å². The average Bonchev–Trinajstić information content (AvgIpc) is 3.24. The molecule has 2 heterocycles. The minimum Gasteiger partial charge on any atom is -0.325 e. The summed E-state index contributed by atoms with van der Waals surface area (Å²) in [5.41, 5.74) is 2.41. The molecule has 0 spiro atoms. The smallest absolute Gasteiger partial charge is 0.325 e. The summed E-state index contributed by atoms with van der Waals surface area (Å²) in [6.45, 7) is 0.543. The van der Waals surface area contributed by atoms with Crippen LogP contribution in [0, 0.1) is 5.82 Å². The van der Waals surface area contributed by atoms with E-state index < -0.39 is 0 Å². The Labute approximate surface area is 176 Å². The molecule has 1 aliphatic carbocycles. The van der Waals surface area contributed by atoms with Crippen LogP contribution in [0.5, 0.6) is 0 Å². The lowest BCUT2D eigenvalue weighted by Crippen LogP contribution is -2.30. The fourth-order valence-electron chi connectivity index (χ4n) is 3.45. The molecule has 0 unspecified atom stereocenters. The fourth-order valence-corrected chi connectivity index (χ4v) is 5.02. The van der Waals surface area contributed by atoms with Crippen LogP contribution in [-0.2, 0) is 24.2 Å². The van der Waals surface area contributed by atoms with Crippen molar-refractivity contribution >= 4 is 34.7 Å². The third kappa shape index (κ3) is 4.76. The van der Waals surface area contributed by atoms with Gasteiger partial charge in [-0.1, -0.05) is 17.8 Å². The topological polar surface area (TPSA) is 64.0 Å². The highest BCUT2D eigenvalue weighted by molar-refractivity contribution is 8.00. The van der Waals surface area contributed by atoms with Crippen molar-refractivity contribution in [3.63, 3.8) is 0 Å². The highest BCUT2D eigenvalue weighted by Crippen LogP contribution is 2.29.